The molecule has 1 aromatic carbocycles. The van der Waals surface area contributed by atoms with E-state index in [1.54, 1.807) is 13.0 Å². The van der Waals surface area contributed by atoms with Crippen LogP contribution in [0.3, 0.4) is 0 Å². The number of piperidine rings is 1. The van der Waals surface area contributed by atoms with Crippen LogP contribution in [0, 0.1) is 11.8 Å². The molecule has 0 aromatic heterocycles. The van der Waals surface area contributed by atoms with E-state index < -0.39 is 6.10 Å². The highest BCUT2D eigenvalue weighted by Gasteiger charge is 2.29. The lowest BCUT2D eigenvalue weighted by Crippen LogP contribution is -2.45. The summed E-state index contributed by atoms with van der Waals surface area (Å²) in [6, 6.07) is 6.09. The third kappa shape index (κ3) is 2.86. The number of aliphatic hydroxyl groups excluding tert-OH is 1. The summed E-state index contributed by atoms with van der Waals surface area (Å²) in [5, 5.41) is 19.6. The van der Waals surface area contributed by atoms with Gasteiger partial charge in [-0.1, -0.05) is 19.9 Å². The van der Waals surface area contributed by atoms with E-state index in [2.05, 4.69) is 25.7 Å². The van der Waals surface area contributed by atoms with Crippen molar-refractivity contribution in [1.82, 2.24) is 0 Å². The van der Waals surface area contributed by atoms with Crippen LogP contribution >= 0.6 is 0 Å². The van der Waals surface area contributed by atoms with Crippen LogP contribution < -0.4 is 4.90 Å². The summed E-state index contributed by atoms with van der Waals surface area (Å²) in [5.74, 6) is 1.51. The molecule has 4 unspecified atom stereocenters. The summed E-state index contributed by atoms with van der Waals surface area (Å²) >= 11 is 0. The molecule has 1 aliphatic heterocycles. The first-order valence-electron chi connectivity index (χ1n) is 7.17. The van der Waals surface area contributed by atoms with Gasteiger partial charge in [-0.25, -0.2) is 0 Å². The minimum Gasteiger partial charge on any atom is -0.507 e. The molecule has 2 rings (SSSR count). The van der Waals surface area contributed by atoms with E-state index >= 15 is 0 Å². The summed E-state index contributed by atoms with van der Waals surface area (Å²) in [5.41, 5.74) is 1.64. The highest BCUT2D eigenvalue weighted by molar-refractivity contribution is 5.55. The number of anilines is 1. The topological polar surface area (TPSA) is 43.7 Å². The molecule has 106 valence electrons. The molecule has 0 radical (unpaired) electrons. The van der Waals surface area contributed by atoms with Crippen molar-refractivity contribution in [2.24, 2.45) is 11.8 Å². The minimum absolute atomic E-state index is 0.186. The van der Waals surface area contributed by atoms with Gasteiger partial charge in [0.1, 0.15) is 5.75 Å². The Morgan fingerprint density at radius 1 is 1.26 bits per heavy atom. The number of phenolic OH excluding ortho intramolecular Hbond substituents is 1. The number of rotatable bonds is 2. The molecule has 0 saturated carbocycles. The number of aliphatic hydroxyl groups is 1. The molecular formula is C16H25NO2. The van der Waals surface area contributed by atoms with Gasteiger partial charge in [-0.3, -0.25) is 0 Å². The summed E-state index contributed by atoms with van der Waals surface area (Å²) in [7, 11) is 0. The fourth-order valence-electron chi connectivity index (χ4n) is 3.12. The second-order valence-corrected chi connectivity index (χ2v) is 6.13. The highest BCUT2D eigenvalue weighted by atomic mass is 16.3. The highest BCUT2D eigenvalue weighted by Crippen LogP contribution is 2.34. The van der Waals surface area contributed by atoms with Crippen molar-refractivity contribution in [3.8, 4) is 5.75 Å². The molecule has 0 bridgehead atoms. The Hall–Kier alpha value is -1.22. The Bertz CT molecular complexity index is 444. The minimum atomic E-state index is -0.634. The van der Waals surface area contributed by atoms with Crippen molar-refractivity contribution in [2.45, 2.75) is 46.3 Å². The van der Waals surface area contributed by atoms with Crippen LogP contribution in [-0.4, -0.2) is 22.8 Å². The lowest BCUT2D eigenvalue weighted by molar-refractivity contribution is 0.195. The Morgan fingerprint density at radius 2 is 1.95 bits per heavy atom. The second kappa shape index (κ2) is 5.41. The van der Waals surface area contributed by atoms with E-state index in [1.807, 2.05) is 12.1 Å². The maximum absolute atomic E-state index is 10.0. The van der Waals surface area contributed by atoms with Gasteiger partial charge in [0.25, 0.3) is 0 Å². The van der Waals surface area contributed by atoms with Gasteiger partial charge >= 0.3 is 0 Å². The lowest BCUT2D eigenvalue weighted by Gasteiger charge is -2.42. The number of aromatic hydroxyl groups is 1. The molecule has 2 N–H and O–H groups in total. The molecule has 1 heterocycles. The summed E-state index contributed by atoms with van der Waals surface area (Å²) in [6.45, 7) is 9.51. The van der Waals surface area contributed by atoms with Crippen molar-refractivity contribution < 1.29 is 10.2 Å². The first-order chi connectivity index (χ1) is 8.90. The van der Waals surface area contributed by atoms with Crippen molar-refractivity contribution in [3.05, 3.63) is 23.8 Å². The average molecular weight is 263 g/mol. The van der Waals surface area contributed by atoms with E-state index in [0.29, 0.717) is 23.4 Å². The Kier molecular flexibility index (Phi) is 4.04. The standard InChI is InChI=1S/C16H25NO2/c1-10-7-11(2)12(3)17(9-10)14-5-6-15(13(4)18)16(19)8-14/h5-6,8,10-13,18-19H,7,9H2,1-4H3. The normalized spacial score (nSPS) is 29.3. The van der Waals surface area contributed by atoms with Crippen LogP contribution in [-0.2, 0) is 0 Å². The molecule has 0 amide bonds. The van der Waals surface area contributed by atoms with Crippen molar-refractivity contribution >= 4 is 5.69 Å². The van der Waals surface area contributed by atoms with Gasteiger partial charge in [0.2, 0.25) is 0 Å². The third-order valence-electron chi connectivity index (χ3n) is 4.39. The predicted octanol–water partition coefficient (Wildman–Crippen LogP) is 3.32. The second-order valence-electron chi connectivity index (χ2n) is 6.13. The first kappa shape index (κ1) is 14.2. The van der Waals surface area contributed by atoms with E-state index in [-0.39, 0.29) is 5.75 Å². The zero-order valence-corrected chi connectivity index (χ0v) is 12.3. The fourth-order valence-corrected chi connectivity index (χ4v) is 3.12. The molecule has 0 aliphatic carbocycles. The van der Waals surface area contributed by atoms with Gasteiger partial charge in [-0.2, -0.15) is 0 Å². The van der Waals surface area contributed by atoms with Crippen LogP contribution in [0.15, 0.2) is 18.2 Å². The SMILES string of the molecule is CC1CC(C)C(C)N(c2ccc(C(C)O)c(O)c2)C1. The average Bonchev–Trinajstić information content (AvgIpc) is 2.33. The van der Waals surface area contributed by atoms with E-state index in [0.717, 1.165) is 12.2 Å². The molecule has 1 saturated heterocycles. The quantitative estimate of drug-likeness (QED) is 0.860. The van der Waals surface area contributed by atoms with Crippen LogP contribution in [0.4, 0.5) is 5.69 Å². The van der Waals surface area contributed by atoms with Gasteiger partial charge in [0, 0.05) is 29.9 Å². The third-order valence-corrected chi connectivity index (χ3v) is 4.39. The van der Waals surface area contributed by atoms with Gasteiger partial charge in [0.05, 0.1) is 6.10 Å². The molecule has 1 fully saturated rings. The zero-order chi connectivity index (χ0) is 14.2. The van der Waals surface area contributed by atoms with Crippen LogP contribution in [0.5, 0.6) is 5.75 Å². The Balaban J connectivity index is 2.28. The monoisotopic (exact) mass is 263 g/mol. The van der Waals surface area contributed by atoms with Crippen molar-refractivity contribution in [1.29, 1.82) is 0 Å². The number of hydrogen-bond donors (Lipinski definition) is 2. The maximum atomic E-state index is 10.0. The van der Waals surface area contributed by atoms with Crippen molar-refractivity contribution in [2.75, 3.05) is 11.4 Å². The largest absolute Gasteiger partial charge is 0.507 e. The maximum Gasteiger partial charge on any atom is 0.123 e. The van der Waals surface area contributed by atoms with E-state index in [9.17, 15) is 10.2 Å². The first-order valence-corrected chi connectivity index (χ1v) is 7.17. The summed E-state index contributed by atoms with van der Waals surface area (Å²) < 4.78 is 0. The van der Waals surface area contributed by atoms with Crippen LogP contribution in [0.1, 0.15) is 45.8 Å². The fraction of sp³-hybridized carbons (Fsp3) is 0.625. The van der Waals surface area contributed by atoms with Gasteiger partial charge in [-0.05, 0) is 38.2 Å². The number of hydrogen-bond acceptors (Lipinski definition) is 3. The Morgan fingerprint density at radius 3 is 2.53 bits per heavy atom. The molecule has 3 nitrogen and oxygen atoms in total. The molecule has 0 spiro atoms. The van der Waals surface area contributed by atoms with Gasteiger partial charge in [0.15, 0.2) is 0 Å². The zero-order valence-electron chi connectivity index (χ0n) is 12.3. The summed E-state index contributed by atoms with van der Waals surface area (Å²) in [6.07, 6.45) is 0.626. The van der Waals surface area contributed by atoms with Crippen LogP contribution in [0.25, 0.3) is 0 Å². The Labute approximate surface area is 115 Å². The van der Waals surface area contributed by atoms with Crippen LogP contribution in [0.2, 0.25) is 0 Å². The molecule has 19 heavy (non-hydrogen) atoms. The molecule has 1 aromatic rings. The molecular weight excluding hydrogens is 238 g/mol. The molecule has 1 aliphatic rings. The van der Waals surface area contributed by atoms with E-state index in [4.69, 9.17) is 0 Å². The lowest BCUT2D eigenvalue weighted by atomic mass is 9.85. The van der Waals surface area contributed by atoms with E-state index in [1.165, 1.54) is 6.42 Å². The predicted molar refractivity (Wildman–Crippen MR) is 78.5 cm³/mol. The van der Waals surface area contributed by atoms with Gasteiger partial charge < -0.3 is 15.1 Å². The number of benzene rings is 1. The summed E-state index contributed by atoms with van der Waals surface area (Å²) in [4.78, 5) is 2.37. The molecule has 4 atom stereocenters. The van der Waals surface area contributed by atoms with Gasteiger partial charge in [-0.15, -0.1) is 0 Å². The smallest absolute Gasteiger partial charge is 0.123 e. The number of phenols is 1. The van der Waals surface area contributed by atoms with Crippen molar-refractivity contribution in [3.63, 3.8) is 0 Å². The number of nitrogens with zero attached hydrogens (tertiary/aromatic N) is 1. The molecule has 3 heteroatoms.